The molecule has 3 rings (SSSR count). The molecule has 2 aromatic carbocycles. The quantitative estimate of drug-likeness (QED) is 0.798. The maximum Gasteiger partial charge on any atom is 0.263 e. The van der Waals surface area contributed by atoms with Crippen LogP contribution in [0.5, 0.6) is 0 Å². The molecule has 1 aliphatic rings. The summed E-state index contributed by atoms with van der Waals surface area (Å²) in [5.41, 5.74) is 0.542. The minimum absolute atomic E-state index is 0.187. The van der Waals surface area contributed by atoms with E-state index in [9.17, 15) is 13.6 Å². The first-order valence-electron chi connectivity index (χ1n) is 9.03. The molecule has 1 fully saturated rings. The molecule has 1 saturated heterocycles. The summed E-state index contributed by atoms with van der Waals surface area (Å²) in [5.74, 6) is -2.68. The molecule has 0 aliphatic carbocycles. The molecule has 1 aliphatic heterocycles. The first-order valence-corrected chi connectivity index (χ1v) is 9.43. The molecule has 146 valence electrons. The number of piperazine rings is 1. The van der Waals surface area contributed by atoms with Crippen molar-refractivity contribution >= 4 is 29.3 Å². The lowest BCUT2D eigenvalue weighted by atomic mass is 10.2. The van der Waals surface area contributed by atoms with Crippen LogP contribution in [-0.4, -0.2) is 53.5 Å². The van der Waals surface area contributed by atoms with Crippen LogP contribution in [0.25, 0.3) is 6.08 Å². The molecule has 2 aromatic rings. The molecule has 4 nitrogen and oxygen atoms in total. The molecule has 1 N–H and O–H groups in total. The van der Waals surface area contributed by atoms with Gasteiger partial charge in [-0.2, -0.15) is 0 Å². The second-order valence-corrected chi connectivity index (χ2v) is 6.84. The summed E-state index contributed by atoms with van der Waals surface area (Å²) >= 11 is 5.24. The zero-order valence-corrected chi connectivity index (χ0v) is 16.1. The number of hydrogen-bond acceptors (Lipinski definition) is 3. The summed E-state index contributed by atoms with van der Waals surface area (Å²) in [6.07, 6.45) is 4.20. The zero-order chi connectivity index (χ0) is 19.9. The molecular weight excluding hydrogens is 380 g/mol. The van der Waals surface area contributed by atoms with Crippen molar-refractivity contribution in [2.45, 2.75) is 0 Å². The molecule has 28 heavy (non-hydrogen) atoms. The number of nitrogens with one attached hydrogen (secondary N) is 1. The Morgan fingerprint density at radius 2 is 1.64 bits per heavy atom. The molecule has 7 heteroatoms. The van der Waals surface area contributed by atoms with Gasteiger partial charge in [-0.25, -0.2) is 8.78 Å². The Balaban J connectivity index is 1.47. The van der Waals surface area contributed by atoms with Crippen LogP contribution < -0.4 is 5.32 Å². The second-order valence-electron chi connectivity index (χ2n) is 6.46. The third-order valence-corrected chi connectivity index (χ3v) is 4.90. The smallest absolute Gasteiger partial charge is 0.263 e. The van der Waals surface area contributed by atoms with E-state index >= 15 is 0 Å². The number of rotatable bonds is 4. The van der Waals surface area contributed by atoms with Crippen LogP contribution in [0.4, 0.5) is 8.78 Å². The van der Waals surface area contributed by atoms with Gasteiger partial charge in [0.1, 0.15) is 17.2 Å². The summed E-state index contributed by atoms with van der Waals surface area (Å²) in [6, 6.07) is 13.4. The van der Waals surface area contributed by atoms with Gasteiger partial charge in [0.2, 0.25) is 0 Å². The van der Waals surface area contributed by atoms with Gasteiger partial charge < -0.3 is 4.90 Å². The minimum atomic E-state index is -0.907. The fourth-order valence-electron chi connectivity index (χ4n) is 2.99. The maximum absolute atomic E-state index is 13.7. The summed E-state index contributed by atoms with van der Waals surface area (Å²) in [5, 5.41) is 2.62. The molecule has 1 amide bonds. The molecule has 0 unspecified atom stereocenters. The molecule has 0 saturated carbocycles. The zero-order valence-electron chi connectivity index (χ0n) is 15.3. The maximum atomic E-state index is 13.7. The van der Waals surface area contributed by atoms with Crippen molar-refractivity contribution in [3.8, 4) is 0 Å². The van der Waals surface area contributed by atoms with E-state index in [1.54, 1.807) is 0 Å². The number of halogens is 2. The average Bonchev–Trinajstić information content (AvgIpc) is 2.69. The fourth-order valence-corrected chi connectivity index (χ4v) is 3.26. The van der Waals surface area contributed by atoms with E-state index in [1.165, 1.54) is 6.07 Å². The van der Waals surface area contributed by atoms with E-state index < -0.39 is 23.1 Å². The summed E-state index contributed by atoms with van der Waals surface area (Å²) in [6.45, 7) is 3.66. The number of benzene rings is 2. The Labute approximate surface area is 168 Å². The van der Waals surface area contributed by atoms with Crippen LogP contribution in [0.2, 0.25) is 0 Å². The van der Waals surface area contributed by atoms with E-state index in [1.807, 2.05) is 35.2 Å². The van der Waals surface area contributed by atoms with Crippen LogP contribution >= 0.6 is 12.2 Å². The van der Waals surface area contributed by atoms with E-state index in [-0.39, 0.29) is 5.11 Å². The number of nitrogens with zero attached hydrogens (tertiary/aromatic N) is 2. The molecule has 0 bridgehead atoms. The van der Waals surface area contributed by atoms with Crippen molar-refractivity contribution in [1.82, 2.24) is 15.1 Å². The van der Waals surface area contributed by atoms with Crippen molar-refractivity contribution in [2.24, 2.45) is 0 Å². The van der Waals surface area contributed by atoms with Crippen molar-refractivity contribution in [3.63, 3.8) is 0 Å². The third-order valence-electron chi connectivity index (χ3n) is 4.54. The highest BCUT2D eigenvalue weighted by molar-refractivity contribution is 7.80. The third kappa shape index (κ3) is 5.21. The van der Waals surface area contributed by atoms with Crippen LogP contribution in [0.1, 0.15) is 15.9 Å². The topological polar surface area (TPSA) is 35.6 Å². The summed E-state index contributed by atoms with van der Waals surface area (Å²) in [7, 11) is 0. The number of carbonyl (C=O) groups excluding carboxylic acids is 1. The Morgan fingerprint density at radius 1 is 1.00 bits per heavy atom. The highest BCUT2D eigenvalue weighted by Gasteiger charge is 2.22. The lowest BCUT2D eigenvalue weighted by Gasteiger charge is -2.35. The van der Waals surface area contributed by atoms with E-state index in [2.05, 4.69) is 22.4 Å². The minimum Gasteiger partial charge on any atom is -0.346 e. The predicted molar refractivity (Wildman–Crippen MR) is 110 cm³/mol. The lowest BCUT2D eigenvalue weighted by Crippen LogP contribution is -2.52. The van der Waals surface area contributed by atoms with E-state index in [0.717, 1.165) is 37.3 Å². The molecule has 0 radical (unpaired) electrons. The van der Waals surface area contributed by atoms with Crippen molar-refractivity contribution < 1.29 is 13.6 Å². The van der Waals surface area contributed by atoms with Gasteiger partial charge in [-0.15, -0.1) is 0 Å². The van der Waals surface area contributed by atoms with E-state index in [4.69, 9.17) is 12.2 Å². The largest absolute Gasteiger partial charge is 0.346 e. The second kappa shape index (κ2) is 9.52. The average molecular weight is 401 g/mol. The highest BCUT2D eigenvalue weighted by Crippen LogP contribution is 2.12. The lowest BCUT2D eigenvalue weighted by molar-refractivity contribution is 0.0962. The SMILES string of the molecule is O=C(NC(=S)N1CCN(C/C=C\c2ccccc2)CC1)c1c(F)cccc1F. The standard InChI is InChI=1S/C21H21F2N3OS/c22-17-9-4-10-18(23)19(17)20(27)24-21(28)26-14-12-25(13-15-26)11-5-8-16-6-2-1-3-7-16/h1-10H,11-15H2,(H,24,27,28)/b8-5-. The van der Waals surface area contributed by atoms with Crippen LogP contribution in [0.15, 0.2) is 54.6 Å². The molecule has 0 spiro atoms. The molecule has 0 atom stereocenters. The van der Waals surface area contributed by atoms with Gasteiger partial charge >= 0.3 is 0 Å². The van der Waals surface area contributed by atoms with Gasteiger partial charge in [0.25, 0.3) is 5.91 Å². The number of amides is 1. The Hall–Kier alpha value is -2.64. The van der Waals surface area contributed by atoms with Crippen molar-refractivity contribution in [3.05, 3.63) is 77.4 Å². The Morgan fingerprint density at radius 3 is 2.29 bits per heavy atom. The van der Waals surface area contributed by atoms with Crippen molar-refractivity contribution in [2.75, 3.05) is 32.7 Å². The normalized spacial score (nSPS) is 15.0. The van der Waals surface area contributed by atoms with Crippen LogP contribution in [0, 0.1) is 11.6 Å². The predicted octanol–water partition coefficient (Wildman–Crippen LogP) is 3.31. The van der Waals surface area contributed by atoms with Gasteiger partial charge in [-0.1, -0.05) is 48.6 Å². The molecule has 0 aromatic heterocycles. The summed E-state index contributed by atoms with van der Waals surface area (Å²) in [4.78, 5) is 16.3. The summed E-state index contributed by atoms with van der Waals surface area (Å²) < 4.78 is 27.4. The van der Waals surface area contributed by atoms with Crippen molar-refractivity contribution in [1.29, 1.82) is 0 Å². The Kier molecular flexibility index (Phi) is 6.84. The van der Waals surface area contributed by atoms with Gasteiger partial charge in [0.05, 0.1) is 0 Å². The van der Waals surface area contributed by atoms with Crippen LogP contribution in [0.3, 0.4) is 0 Å². The number of carbonyl (C=O) groups is 1. The molecule has 1 heterocycles. The fraction of sp³-hybridized carbons (Fsp3) is 0.238. The van der Waals surface area contributed by atoms with Gasteiger partial charge in [0.15, 0.2) is 5.11 Å². The Bertz CT molecular complexity index is 845. The molecular formula is C21H21F2N3OS. The van der Waals surface area contributed by atoms with Gasteiger partial charge in [-0.3, -0.25) is 15.0 Å². The van der Waals surface area contributed by atoms with Crippen LogP contribution in [-0.2, 0) is 0 Å². The first-order chi connectivity index (χ1) is 13.5. The van der Waals surface area contributed by atoms with E-state index in [0.29, 0.717) is 13.1 Å². The number of thiocarbonyl (C=S) groups is 1. The van der Waals surface area contributed by atoms with Gasteiger partial charge in [0, 0.05) is 32.7 Å². The highest BCUT2D eigenvalue weighted by atomic mass is 32.1. The first kappa shape index (κ1) is 20.1. The monoisotopic (exact) mass is 401 g/mol. The van der Waals surface area contributed by atoms with Gasteiger partial charge in [-0.05, 0) is 29.9 Å². The number of hydrogen-bond donors (Lipinski definition) is 1.